The lowest BCUT2D eigenvalue weighted by molar-refractivity contribution is -0.121. The molecule has 3 heterocycles. The van der Waals surface area contributed by atoms with E-state index in [4.69, 9.17) is 4.52 Å². The maximum Gasteiger partial charge on any atom is 0.227 e. The Kier molecular flexibility index (Phi) is 6.54. The van der Waals surface area contributed by atoms with E-state index < -0.39 is 0 Å². The number of benzene rings is 1. The molecule has 1 saturated heterocycles. The van der Waals surface area contributed by atoms with Gasteiger partial charge in [-0.1, -0.05) is 18.1 Å². The largest absolute Gasteiger partial charge is 0.357 e. The number of carbonyl (C=O) groups is 1. The molecule has 0 atom stereocenters. The summed E-state index contributed by atoms with van der Waals surface area (Å²) in [7, 11) is 0. The molecule has 31 heavy (non-hydrogen) atoms. The molecule has 0 unspecified atom stereocenters. The Balaban J connectivity index is 1.22. The first-order valence-electron chi connectivity index (χ1n) is 10.6. The molecule has 162 valence electrons. The molecule has 1 N–H and O–H groups in total. The Bertz CT molecular complexity index is 996. The van der Waals surface area contributed by atoms with E-state index in [1.807, 2.05) is 18.3 Å². The third-order valence-corrected chi connectivity index (χ3v) is 5.54. The second kappa shape index (κ2) is 9.68. The van der Waals surface area contributed by atoms with E-state index in [2.05, 4.69) is 32.3 Å². The minimum atomic E-state index is -0.324. The average Bonchev–Trinajstić information content (AvgIpc) is 3.27. The molecule has 1 aliphatic heterocycles. The fourth-order valence-electron chi connectivity index (χ4n) is 3.53. The topological polar surface area (TPSA) is 84.2 Å². The zero-order valence-electron chi connectivity index (χ0n) is 17.6. The molecule has 0 spiro atoms. The van der Waals surface area contributed by atoms with Crippen LogP contribution in [-0.4, -0.2) is 34.1 Å². The van der Waals surface area contributed by atoms with E-state index in [0.29, 0.717) is 30.2 Å². The summed E-state index contributed by atoms with van der Waals surface area (Å²) >= 11 is 0. The fourth-order valence-corrected chi connectivity index (χ4v) is 3.53. The van der Waals surface area contributed by atoms with Gasteiger partial charge in [0, 0.05) is 44.2 Å². The smallest absolute Gasteiger partial charge is 0.227 e. The first-order valence-corrected chi connectivity index (χ1v) is 10.6. The summed E-state index contributed by atoms with van der Waals surface area (Å²) in [5.74, 6) is 2.11. The lowest BCUT2D eigenvalue weighted by atomic mass is 9.99. The van der Waals surface area contributed by atoms with Crippen LogP contribution in [0.4, 0.5) is 10.2 Å². The predicted octanol–water partition coefficient (Wildman–Crippen LogP) is 3.76. The molecule has 0 aliphatic carbocycles. The number of aromatic nitrogens is 3. The van der Waals surface area contributed by atoms with Gasteiger partial charge < -0.3 is 14.7 Å². The lowest BCUT2D eigenvalue weighted by Gasteiger charge is -2.31. The number of nitrogens with one attached hydrogen (secondary N) is 1. The van der Waals surface area contributed by atoms with Gasteiger partial charge in [-0.25, -0.2) is 9.37 Å². The highest BCUT2D eigenvalue weighted by atomic mass is 19.1. The molecule has 1 aliphatic rings. The number of aryl methyl sites for hydroxylation is 1. The minimum absolute atomic E-state index is 0.101. The van der Waals surface area contributed by atoms with Gasteiger partial charge in [-0.3, -0.25) is 4.79 Å². The van der Waals surface area contributed by atoms with Gasteiger partial charge in [0.1, 0.15) is 11.6 Å². The van der Waals surface area contributed by atoms with E-state index in [0.717, 1.165) is 30.4 Å². The minimum Gasteiger partial charge on any atom is -0.357 e. The van der Waals surface area contributed by atoms with Crippen LogP contribution >= 0.6 is 0 Å². The van der Waals surface area contributed by atoms with E-state index in [-0.39, 0.29) is 18.1 Å². The summed E-state index contributed by atoms with van der Waals surface area (Å²) in [5.41, 5.74) is 1.62. The summed E-state index contributed by atoms with van der Waals surface area (Å²) in [6, 6.07) is 9.88. The molecule has 0 saturated carbocycles. The number of amides is 1. The third kappa shape index (κ3) is 5.65. The van der Waals surface area contributed by atoms with Crippen LogP contribution in [0, 0.1) is 11.7 Å². The maximum atomic E-state index is 13.0. The number of carbonyl (C=O) groups excluding carboxylic acids is 1. The monoisotopic (exact) mass is 423 g/mol. The van der Waals surface area contributed by atoms with Crippen molar-refractivity contribution in [3.05, 3.63) is 59.9 Å². The van der Waals surface area contributed by atoms with Crippen LogP contribution in [-0.2, 0) is 17.8 Å². The van der Waals surface area contributed by atoms with Crippen molar-refractivity contribution in [3.8, 4) is 11.4 Å². The van der Waals surface area contributed by atoms with Crippen LogP contribution in [0.2, 0.25) is 0 Å². The van der Waals surface area contributed by atoms with Crippen LogP contribution < -0.4 is 10.2 Å². The quantitative estimate of drug-likeness (QED) is 0.623. The van der Waals surface area contributed by atoms with E-state index in [9.17, 15) is 9.18 Å². The molecule has 1 aromatic carbocycles. The molecule has 0 radical (unpaired) electrons. The molecule has 4 rings (SSSR count). The molecule has 3 aromatic rings. The van der Waals surface area contributed by atoms with Crippen molar-refractivity contribution in [2.75, 3.05) is 18.0 Å². The van der Waals surface area contributed by atoms with Crippen LogP contribution in [0.3, 0.4) is 0 Å². The highest BCUT2D eigenvalue weighted by Crippen LogP contribution is 2.21. The molecule has 1 amide bonds. The number of halogens is 1. The van der Waals surface area contributed by atoms with Crippen LogP contribution in [0.15, 0.2) is 47.1 Å². The van der Waals surface area contributed by atoms with Crippen LogP contribution in [0.1, 0.15) is 37.6 Å². The van der Waals surface area contributed by atoms with Crippen molar-refractivity contribution in [2.45, 2.75) is 39.2 Å². The SMILES string of the molecule is CC1CCN(c2ccc(CNC(=O)CCc3nc(-c4ccc(F)cc4)no3)cn2)CC1. The molecule has 0 bridgehead atoms. The van der Waals surface area contributed by atoms with Gasteiger partial charge >= 0.3 is 0 Å². The third-order valence-electron chi connectivity index (χ3n) is 5.54. The summed E-state index contributed by atoms with van der Waals surface area (Å²) < 4.78 is 18.2. The van der Waals surface area contributed by atoms with E-state index >= 15 is 0 Å². The van der Waals surface area contributed by atoms with Gasteiger partial charge in [-0.2, -0.15) is 4.98 Å². The maximum absolute atomic E-state index is 13.0. The normalized spacial score (nSPS) is 14.6. The van der Waals surface area contributed by atoms with Gasteiger partial charge in [0.05, 0.1) is 0 Å². The van der Waals surface area contributed by atoms with Gasteiger partial charge in [0.15, 0.2) is 0 Å². The Morgan fingerprint density at radius 2 is 1.97 bits per heavy atom. The van der Waals surface area contributed by atoms with Gasteiger partial charge in [-0.05, 0) is 54.7 Å². The number of pyridine rings is 1. The summed E-state index contributed by atoms with van der Waals surface area (Å²) in [4.78, 5) is 23.3. The molecular formula is C23H26FN5O2. The Morgan fingerprint density at radius 3 is 2.68 bits per heavy atom. The van der Waals surface area contributed by atoms with E-state index in [1.165, 1.54) is 25.0 Å². The predicted molar refractivity (Wildman–Crippen MR) is 115 cm³/mol. The number of hydrogen-bond donors (Lipinski definition) is 1. The van der Waals surface area contributed by atoms with Gasteiger partial charge in [0.2, 0.25) is 17.6 Å². The van der Waals surface area contributed by atoms with Gasteiger partial charge in [0.25, 0.3) is 0 Å². The molecule has 8 heteroatoms. The highest BCUT2D eigenvalue weighted by molar-refractivity contribution is 5.76. The first kappa shape index (κ1) is 21.0. The summed E-state index contributed by atoms with van der Waals surface area (Å²) in [6.45, 7) is 4.80. The average molecular weight is 423 g/mol. The van der Waals surface area contributed by atoms with Crippen molar-refractivity contribution in [1.82, 2.24) is 20.4 Å². The zero-order valence-corrected chi connectivity index (χ0v) is 17.6. The van der Waals surface area contributed by atoms with Crippen molar-refractivity contribution in [3.63, 3.8) is 0 Å². The molecular weight excluding hydrogens is 397 g/mol. The highest BCUT2D eigenvalue weighted by Gasteiger charge is 2.17. The van der Waals surface area contributed by atoms with Crippen LogP contribution in [0.5, 0.6) is 0 Å². The summed E-state index contributed by atoms with van der Waals surface area (Å²) in [6.07, 6.45) is 4.80. The lowest BCUT2D eigenvalue weighted by Crippen LogP contribution is -2.33. The van der Waals surface area contributed by atoms with E-state index in [1.54, 1.807) is 12.1 Å². The van der Waals surface area contributed by atoms with Crippen molar-refractivity contribution < 1.29 is 13.7 Å². The Labute approximate surface area is 180 Å². The van der Waals surface area contributed by atoms with Gasteiger partial charge in [-0.15, -0.1) is 0 Å². The molecule has 2 aromatic heterocycles. The van der Waals surface area contributed by atoms with Crippen molar-refractivity contribution in [1.29, 1.82) is 0 Å². The molecule has 7 nitrogen and oxygen atoms in total. The zero-order chi connectivity index (χ0) is 21.6. The Hall–Kier alpha value is -3.29. The Morgan fingerprint density at radius 1 is 1.19 bits per heavy atom. The second-order valence-electron chi connectivity index (χ2n) is 7.99. The summed E-state index contributed by atoms with van der Waals surface area (Å²) in [5, 5.41) is 6.78. The van der Waals surface area contributed by atoms with Crippen molar-refractivity contribution >= 4 is 11.7 Å². The number of rotatable bonds is 7. The number of piperidine rings is 1. The number of hydrogen-bond acceptors (Lipinski definition) is 6. The van der Waals surface area contributed by atoms with Crippen LogP contribution in [0.25, 0.3) is 11.4 Å². The number of nitrogens with zero attached hydrogens (tertiary/aromatic N) is 4. The first-order chi connectivity index (χ1) is 15.1. The molecule has 1 fully saturated rings. The second-order valence-corrected chi connectivity index (χ2v) is 7.99. The number of anilines is 1. The standard InChI is InChI=1S/C23H26FN5O2/c1-16-10-12-29(13-11-16)20-7-2-17(14-25-20)15-26-21(30)8-9-22-27-23(28-31-22)18-3-5-19(24)6-4-18/h2-7,14,16H,8-13,15H2,1H3,(H,26,30). The van der Waals surface area contributed by atoms with Crippen molar-refractivity contribution in [2.24, 2.45) is 5.92 Å². The fraction of sp³-hybridized carbons (Fsp3) is 0.391.